The van der Waals surface area contributed by atoms with E-state index in [0.717, 1.165) is 16.5 Å². The molecule has 0 fully saturated rings. The van der Waals surface area contributed by atoms with Gasteiger partial charge in [-0.1, -0.05) is 24.3 Å². The zero-order chi connectivity index (χ0) is 12.2. The summed E-state index contributed by atoms with van der Waals surface area (Å²) in [4.78, 5) is 12.2. The molecule has 0 unspecified atom stereocenters. The highest BCUT2D eigenvalue weighted by molar-refractivity contribution is 5.81. The van der Waals surface area contributed by atoms with E-state index in [0.29, 0.717) is 12.5 Å². The number of nitrogens with zero attached hydrogens (tertiary/aromatic N) is 3. The fraction of sp³-hybridized carbons (Fsp3) is 0.0714. The molecule has 4 heteroatoms. The minimum absolute atomic E-state index is 0.354. The van der Waals surface area contributed by atoms with Crippen LogP contribution in [0.3, 0.4) is 0 Å². The number of benzene rings is 1. The molecule has 0 atom stereocenters. The number of rotatable bonds is 3. The molecule has 0 saturated carbocycles. The molecule has 0 aliphatic carbocycles. The lowest BCUT2D eigenvalue weighted by Gasteiger charge is -2.04. The molecule has 2 heterocycles. The van der Waals surface area contributed by atoms with E-state index in [1.165, 1.54) is 0 Å². The molecule has 1 aromatic carbocycles. The van der Waals surface area contributed by atoms with Crippen molar-refractivity contribution in [2.24, 2.45) is 0 Å². The summed E-state index contributed by atoms with van der Waals surface area (Å²) in [5.41, 5.74) is 0.771. The SMILES string of the molecule is [c]1nc(OCc2cnccn2)cc2ccccc12. The van der Waals surface area contributed by atoms with Crippen LogP contribution >= 0.6 is 0 Å². The summed E-state index contributed by atoms with van der Waals surface area (Å²) >= 11 is 0. The zero-order valence-corrected chi connectivity index (χ0v) is 9.58. The number of hydrogen-bond donors (Lipinski definition) is 0. The van der Waals surface area contributed by atoms with Crippen LogP contribution in [0.15, 0.2) is 48.9 Å². The van der Waals surface area contributed by atoms with Gasteiger partial charge in [0.25, 0.3) is 0 Å². The molecule has 0 bridgehead atoms. The van der Waals surface area contributed by atoms with Gasteiger partial charge in [-0.05, 0) is 5.39 Å². The van der Waals surface area contributed by atoms with Gasteiger partial charge in [0, 0.05) is 23.8 Å². The molecule has 0 aliphatic rings. The lowest BCUT2D eigenvalue weighted by atomic mass is 10.2. The molecular weight excluding hydrogens is 226 g/mol. The van der Waals surface area contributed by atoms with Crippen molar-refractivity contribution in [3.05, 3.63) is 60.8 Å². The maximum Gasteiger partial charge on any atom is 0.214 e. The van der Waals surface area contributed by atoms with Gasteiger partial charge in [0.15, 0.2) is 0 Å². The molecule has 0 aliphatic heterocycles. The van der Waals surface area contributed by atoms with Crippen molar-refractivity contribution < 1.29 is 4.74 Å². The van der Waals surface area contributed by atoms with Gasteiger partial charge >= 0.3 is 0 Å². The van der Waals surface area contributed by atoms with Crippen LogP contribution in [0.25, 0.3) is 10.8 Å². The molecule has 3 aromatic rings. The second kappa shape index (κ2) is 4.79. The van der Waals surface area contributed by atoms with Gasteiger partial charge in [-0.15, -0.1) is 0 Å². The summed E-state index contributed by atoms with van der Waals surface area (Å²) in [7, 11) is 0. The molecule has 0 spiro atoms. The second-order valence-corrected chi connectivity index (χ2v) is 3.78. The Labute approximate surface area is 104 Å². The number of fused-ring (bicyclic) bond motifs is 1. The van der Waals surface area contributed by atoms with Crippen LogP contribution in [0.2, 0.25) is 0 Å². The Bertz CT molecular complexity index is 655. The highest BCUT2D eigenvalue weighted by Crippen LogP contribution is 2.17. The van der Waals surface area contributed by atoms with Crippen molar-refractivity contribution in [3.8, 4) is 5.88 Å². The minimum Gasteiger partial charge on any atom is -0.471 e. The Morgan fingerprint density at radius 2 is 2.11 bits per heavy atom. The van der Waals surface area contributed by atoms with Crippen LogP contribution in [-0.2, 0) is 6.61 Å². The summed E-state index contributed by atoms with van der Waals surface area (Å²) in [5, 5.41) is 2.03. The summed E-state index contributed by atoms with van der Waals surface area (Å²) in [6, 6.07) is 9.79. The van der Waals surface area contributed by atoms with E-state index in [-0.39, 0.29) is 0 Å². The van der Waals surface area contributed by atoms with Gasteiger partial charge in [-0.2, -0.15) is 0 Å². The van der Waals surface area contributed by atoms with Crippen LogP contribution in [0.5, 0.6) is 5.88 Å². The number of aromatic nitrogens is 3. The van der Waals surface area contributed by atoms with E-state index in [2.05, 4.69) is 21.1 Å². The van der Waals surface area contributed by atoms with Crippen molar-refractivity contribution in [1.82, 2.24) is 15.0 Å². The van der Waals surface area contributed by atoms with Gasteiger partial charge in [-0.25, -0.2) is 4.98 Å². The first-order valence-corrected chi connectivity index (χ1v) is 5.57. The molecule has 0 saturated heterocycles. The first-order chi connectivity index (χ1) is 8.92. The summed E-state index contributed by atoms with van der Waals surface area (Å²) in [6.07, 6.45) is 7.88. The highest BCUT2D eigenvalue weighted by Gasteiger charge is 2.00. The average Bonchev–Trinajstić information content (AvgIpc) is 2.46. The van der Waals surface area contributed by atoms with E-state index >= 15 is 0 Å². The molecule has 4 nitrogen and oxygen atoms in total. The van der Waals surface area contributed by atoms with E-state index in [1.54, 1.807) is 18.6 Å². The largest absolute Gasteiger partial charge is 0.471 e. The smallest absolute Gasteiger partial charge is 0.214 e. The monoisotopic (exact) mass is 236 g/mol. The lowest BCUT2D eigenvalue weighted by Crippen LogP contribution is -1.99. The predicted molar refractivity (Wildman–Crippen MR) is 66.9 cm³/mol. The van der Waals surface area contributed by atoms with Crippen molar-refractivity contribution >= 4 is 10.8 Å². The van der Waals surface area contributed by atoms with Gasteiger partial charge in [0.05, 0.1) is 11.9 Å². The van der Waals surface area contributed by atoms with Gasteiger partial charge < -0.3 is 4.74 Å². The fourth-order valence-electron chi connectivity index (χ4n) is 1.63. The topological polar surface area (TPSA) is 47.9 Å². The van der Waals surface area contributed by atoms with E-state index < -0.39 is 0 Å². The van der Waals surface area contributed by atoms with Crippen molar-refractivity contribution in [3.63, 3.8) is 0 Å². The second-order valence-electron chi connectivity index (χ2n) is 3.78. The van der Waals surface area contributed by atoms with Crippen LogP contribution in [0, 0.1) is 6.20 Å². The third-order valence-corrected chi connectivity index (χ3v) is 2.51. The summed E-state index contributed by atoms with van der Waals surface area (Å²) in [6.45, 7) is 0.354. The molecule has 18 heavy (non-hydrogen) atoms. The number of pyridine rings is 1. The maximum atomic E-state index is 5.56. The Morgan fingerprint density at radius 3 is 3.00 bits per heavy atom. The first kappa shape index (κ1) is 10.7. The molecule has 87 valence electrons. The standard InChI is InChI=1S/C14H10N3O/c1-2-4-12-8-17-14(7-11(12)3-1)18-10-13-9-15-5-6-16-13/h1-7,9H,10H2. The van der Waals surface area contributed by atoms with E-state index in [4.69, 9.17) is 4.74 Å². The van der Waals surface area contributed by atoms with Crippen LogP contribution < -0.4 is 4.74 Å². The van der Waals surface area contributed by atoms with Gasteiger partial charge in [0.2, 0.25) is 5.88 Å². The Kier molecular flexibility index (Phi) is 2.84. The molecule has 1 radical (unpaired) electrons. The Balaban J connectivity index is 1.79. The van der Waals surface area contributed by atoms with Crippen molar-refractivity contribution in [1.29, 1.82) is 0 Å². The highest BCUT2D eigenvalue weighted by atomic mass is 16.5. The zero-order valence-electron chi connectivity index (χ0n) is 9.58. The number of ether oxygens (including phenoxy) is 1. The summed E-state index contributed by atoms with van der Waals surface area (Å²) < 4.78 is 5.56. The average molecular weight is 236 g/mol. The normalized spacial score (nSPS) is 10.4. The van der Waals surface area contributed by atoms with Crippen molar-refractivity contribution in [2.45, 2.75) is 6.61 Å². The quantitative estimate of drug-likeness (QED) is 0.700. The minimum atomic E-state index is 0.354. The predicted octanol–water partition coefficient (Wildman–Crippen LogP) is 2.40. The molecule has 0 N–H and O–H groups in total. The lowest BCUT2D eigenvalue weighted by molar-refractivity contribution is 0.289. The first-order valence-electron chi connectivity index (χ1n) is 5.57. The molecule has 3 rings (SSSR count). The van der Waals surface area contributed by atoms with Crippen LogP contribution in [-0.4, -0.2) is 15.0 Å². The van der Waals surface area contributed by atoms with E-state index in [9.17, 15) is 0 Å². The Morgan fingerprint density at radius 1 is 1.17 bits per heavy atom. The maximum absolute atomic E-state index is 5.56. The fourth-order valence-corrected chi connectivity index (χ4v) is 1.63. The van der Waals surface area contributed by atoms with Crippen molar-refractivity contribution in [2.75, 3.05) is 0 Å². The van der Waals surface area contributed by atoms with E-state index in [1.807, 2.05) is 30.3 Å². The third kappa shape index (κ3) is 2.27. The molecule has 2 aromatic heterocycles. The molecular formula is C14H10N3O. The van der Waals surface area contributed by atoms with Crippen LogP contribution in [0.4, 0.5) is 0 Å². The molecule has 0 amide bonds. The summed E-state index contributed by atoms with van der Waals surface area (Å²) in [5.74, 6) is 0.541. The van der Waals surface area contributed by atoms with Crippen LogP contribution in [0.1, 0.15) is 5.69 Å². The van der Waals surface area contributed by atoms with Gasteiger partial charge in [0.1, 0.15) is 12.8 Å². The third-order valence-electron chi connectivity index (χ3n) is 2.51. The Hall–Kier alpha value is -2.49. The number of hydrogen-bond acceptors (Lipinski definition) is 4. The van der Waals surface area contributed by atoms with Gasteiger partial charge in [-0.3, -0.25) is 9.97 Å².